The minimum atomic E-state index is -0.257. The molecule has 8 heteroatoms. The van der Waals surface area contributed by atoms with Crippen LogP contribution < -0.4 is 14.9 Å². The van der Waals surface area contributed by atoms with Gasteiger partial charge in [0.2, 0.25) is 0 Å². The van der Waals surface area contributed by atoms with Crippen molar-refractivity contribution in [1.29, 1.82) is 0 Å². The van der Waals surface area contributed by atoms with Crippen LogP contribution in [0.25, 0.3) is 0 Å². The highest BCUT2D eigenvalue weighted by Crippen LogP contribution is 2.36. The Hall–Kier alpha value is -2.55. The molecular formula is C25H28FN3O2S2. The van der Waals surface area contributed by atoms with Crippen LogP contribution in [-0.4, -0.2) is 32.2 Å². The molecule has 2 N–H and O–H groups in total. The van der Waals surface area contributed by atoms with E-state index >= 15 is 0 Å². The molecule has 1 amide bonds. The van der Waals surface area contributed by atoms with Crippen LogP contribution in [0.4, 0.5) is 21.5 Å². The monoisotopic (exact) mass is 485 g/mol. The predicted molar refractivity (Wildman–Crippen MR) is 137 cm³/mol. The first-order chi connectivity index (χ1) is 15.8. The first-order valence-corrected chi connectivity index (χ1v) is 12.6. The number of thiophene rings is 1. The maximum atomic E-state index is 13.4. The third-order valence-corrected chi connectivity index (χ3v) is 7.69. The molecule has 1 fully saturated rings. The molecular weight excluding hydrogens is 457 g/mol. The molecule has 0 saturated carbocycles. The number of carbonyl (C=O) groups is 1. The quantitative estimate of drug-likeness (QED) is 0.400. The predicted octanol–water partition coefficient (Wildman–Crippen LogP) is 6.33. The van der Waals surface area contributed by atoms with Gasteiger partial charge in [-0.25, -0.2) is 4.39 Å². The highest BCUT2D eigenvalue weighted by Gasteiger charge is 2.21. The van der Waals surface area contributed by atoms with Gasteiger partial charge in [-0.05, 0) is 91.5 Å². The van der Waals surface area contributed by atoms with E-state index < -0.39 is 0 Å². The van der Waals surface area contributed by atoms with Crippen LogP contribution in [0.2, 0.25) is 0 Å². The maximum absolute atomic E-state index is 13.4. The summed E-state index contributed by atoms with van der Waals surface area (Å²) in [5, 5.41) is 5.05. The smallest absolute Gasteiger partial charge is 0.267 e. The molecule has 3 aromatic rings. The second-order valence-electron chi connectivity index (χ2n) is 8.19. The van der Waals surface area contributed by atoms with Crippen molar-refractivity contribution in [3.63, 3.8) is 0 Å². The van der Waals surface area contributed by atoms with Gasteiger partial charge in [0.15, 0.2) is 0 Å². The van der Waals surface area contributed by atoms with Crippen LogP contribution in [0.1, 0.15) is 31.9 Å². The number of rotatable bonds is 6. The number of carbonyl (C=O) groups excluding carboxylic acids is 1. The lowest BCUT2D eigenvalue weighted by molar-refractivity contribution is 0.103. The Balaban J connectivity index is 1.54. The van der Waals surface area contributed by atoms with Crippen molar-refractivity contribution in [2.45, 2.75) is 32.6 Å². The molecule has 1 aromatic heterocycles. The largest absolute Gasteiger partial charge is 0.378 e. The van der Waals surface area contributed by atoms with Crippen molar-refractivity contribution in [3.8, 4) is 0 Å². The van der Waals surface area contributed by atoms with Crippen LogP contribution in [0.5, 0.6) is 0 Å². The van der Waals surface area contributed by atoms with Gasteiger partial charge in [-0.1, -0.05) is 6.07 Å². The molecule has 1 saturated heterocycles. The maximum Gasteiger partial charge on any atom is 0.267 e. The minimum Gasteiger partial charge on any atom is -0.378 e. The van der Waals surface area contributed by atoms with Crippen molar-refractivity contribution >= 4 is 46.3 Å². The summed E-state index contributed by atoms with van der Waals surface area (Å²) >= 11 is 2.76. The number of halogens is 1. The summed E-state index contributed by atoms with van der Waals surface area (Å²) in [7, 11) is 0. The van der Waals surface area contributed by atoms with E-state index in [0.717, 1.165) is 46.1 Å². The number of anilines is 3. The van der Waals surface area contributed by atoms with Crippen LogP contribution >= 0.6 is 23.3 Å². The molecule has 0 radical (unpaired) electrons. The molecule has 0 aliphatic carbocycles. The van der Waals surface area contributed by atoms with Crippen molar-refractivity contribution in [2.75, 3.05) is 41.2 Å². The van der Waals surface area contributed by atoms with Gasteiger partial charge in [0.05, 0.1) is 18.9 Å². The number of morpholine rings is 1. The molecule has 4 rings (SSSR count). The molecule has 0 spiro atoms. The number of hydrogen-bond acceptors (Lipinski definition) is 6. The highest BCUT2D eigenvalue weighted by atomic mass is 32.2. The molecule has 5 nitrogen and oxygen atoms in total. The zero-order valence-electron chi connectivity index (χ0n) is 19.3. The van der Waals surface area contributed by atoms with Gasteiger partial charge < -0.3 is 19.7 Å². The number of ether oxygens (including phenoxy) is 1. The third-order valence-electron chi connectivity index (χ3n) is 5.78. The van der Waals surface area contributed by atoms with Gasteiger partial charge in [-0.2, -0.15) is 0 Å². The third kappa shape index (κ3) is 5.18. The van der Waals surface area contributed by atoms with Gasteiger partial charge in [-0.15, -0.1) is 11.3 Å². The molecule has 0 atom stereocenters. The Morgan fingerprint density at radius 2 is 1.82 bits per heavy atom. The Kier molecular flexibility index (Phi) is 7.26. The van der Waals surface area contributed by atoms with Crippen LogP contribution in [0, 0.1) is 33.5 Å². The lowest BCUT2D eigenvalue weighted by Crippen LogP contribution is -2.37. The molecule has 1 aliphatic rings. The summed E-state index contributed by atoms with van der Waals surface area (Å²) in [6.45, 7) is 11.2. The molecule has 2 heterocycles. The van der Waals surface area contributed by atoms with E-state index in [1.165, 1.54) is 46.7 Å². The summed E-state index contributed by atoms with van der Waals surface area (Å²) in [4.78, 5) is 17.1. The van der Waals surface area contributed by atoms with E-state index in [4.69, 9.17) is 4.74 Å². The first-order valence-electron chi connectivity index (χ1n) is 10.9. The zero-order chi connectivity index (χ0) is 23.5. The molecule has 0 unspecified atom stereocenters. The van der Waals surface area contributed by atoms with Crippen LogP contribution in [0.15, 0.2) is 40.6 Å². The Morgan fingerprint density at radius 3 is 2.55 bits per heavy atom. The van der Waals surface area contributed by atoms with Gasteiger partial charge in [0.25, 0.3) is 5.91 Å². The summed E-state index contributed by atoms with van der Waals surface area (Å²) in [6, 6.07) is 8.70. The highest BCUT2D eigenvalue weighted by molar-refractivity contribution is 8.00. The fourth-order valence-electron chi connectivity index (χ4n) is 4.21. The van der Waals surface area contributed by atoms with Gasteiger partial charge in [0, 0.05) is 29.4 Å². The molecule has 33 heavy (non-hydrogen) atoms. The summed E-state index contributed by atoms with van der Waals surface area (Å²) in [5.74, 6) is -0.403. The Labute approximate surface area is 202 Å². The van der Waals surface area contributed by atoms with Crippen LogP contribution in [-0.2, 0) is 4.74 Å². The van der Waals surface area contributed by atoms with E-state index in [1.807, 2.05) is 25.3 Å². The fourth-order valence-corrected chi connectivity index (χ4v) is 5.77. The van der Waals surface area contributed by atoms with Crippen molar-refractivity contribution in [3.05, 3.63) is 68.7 Å². The first kappa shape index (κ1) is 23.6. The van der Waals surface area contributed by atoms with Crippen molar-refractivity contribution in [1.82, 2.24) is 0 Å². The Bertz CT molecular complexity index is 1170. The number of aryl methyl sites for hydroxylation is 3. The van der Waals surface area contributed by atoms with Crippen molar-refractivity contribution in [2.24, 2.45) is 0 Å². The van der Waals surface area contributed by atoms with Gasteiger partial charge in [0.1, 0.15) is 10.7 Å². The molecule has 2 aromatic carbocycles. The van der Waals surface area contributed by atoms with E-state index in [1.54, 1.807) is 6.07 Å². The average molecular weight is 486 g/mol. The van der Waals surface area contributed by atoms with E-state index in [2.05, 4.69) is 34.9 Å². The van der Waals surface area contributed by atoms with E-state index in [0.29, 0.717) is 18.1 Å². The lowest BCUT2D eigenvalue weighted by atomic mass is 10.0. The zero-order valence-corrected chi connectivity index (χ0v) is 20.9. The molecule has 1 aliphatic heterocycles. The van der Waals surface area contributed by atoms with Crippen LogP contribution in [0.3, 0.4) is 0 Å². The van der Waals surface area contributed by atoms with Crippen molar-refractivity contribution < 1.29 is 13.9 Å². The summed E-state index contributed by atoms with van der Waals surface area (Å²) in [6.07, 6.45) is 0. The SMILES string of the molecule is Cc1cc(F)ccc1SNc1ccsc1C(=O)Nc1c(C)cc(C)c(N2CCOCC2)c1C. The lowest BCUT2D eigenvalue weighted by Gasteiger charge is -2.32. The standard InChI is InChI=1S/C25H28FN3O2S2/c1-15-14-19(26)5-6-21(15)33-28-20-7-12-32-24(20)25(30)27-22-16(2)13-17(3)23(18(22)4)29-8-10-31-11-9-29/h5-7,12-14,28H,8-11H2,1-4H3,(H,27,30). The second-order valence-corrected chi connectivity index (χ2v) is 9.95. The van der Waals surface area contributed by atoms with E-state index in [-0.39, 0.29) is 11.7 Å². The molecule has 174 valence electrons. The number of nitrogens with zero attached hydrogens (tertiary/aromatic N) is 1. The van der Waals surface area contributed by atoms with E-state index in [9.17, 15) is 9.18 Å². The normalized spacial score (nSPS) is 13.8. The Morgan fingerprint density at radius 1 is 1.06 bits per heavy atom. The average Bonchev–Trinajstić information content (AvgIpc) is 3.25. The number of nitrogens with one attached hydrogen (secondary N) is 2. The van der Waals surface area contributed by atoms with Gasteiger partial charge >= 0.3 is 0 Å². The fraction of sp³-hybridized carbons (Fsp3) is 0.320. The number of benzene rings is 2. The second kappa shape index (κ2) is 10.2. The summed E-state index contributed by atoms with van der Waals surface area (Å²) in [5.41, 5.74) is 6.93. The number of hydrogen-bond donors (Lipinski definition) is 2. The molecule has 0 bridgehead atoms. The minimum absolute atomic E-state index is 0.146. The topological polar surface area (TPSA) is 53.6 Å². The van der Waals surface area contributed by atoms with Gasteiger partial charge in [-0.3, -0.25) is 4.79 Å². The number of amides is 1. The summed E-state index contributed by atoms with van der Waals surface area (Å²) < 4.78 is 22.2.